The molecule has 9 nitrogen and oxygen atoms in total. The van der Waals surface area contributed by atoms with Gasteiger partial charge in [0.25, 0.3) is 11.7 Å². The number of rotatable bonds is 13. The minimum Gasteiger partial charge on any atom is -0.507 e. The summed E-state index contributed by atoms with van der Waals surface area (Å²) in [5.41, 5.74) is 1.02. The van der Waals surface area contributed by atoms with Crippen LogP contribution in [-0.2, 0) is 9.59 Å². The number of benzene rings is 2. The van der Waals surface area contributed by atoms with E-state index in [9.17, 15) is 14.7 Å². The molecule has 2 aromatic carbocycles. The van der Waals surface area contributed by atoms with E-state index in [1.807, 2.05) is 6.92 Å². The molecular weight excluding hydrogens is 512 g/mol. The molecule has 2 aliphatic rings. The van der Waals surface area contributed by atoms with Crippen LogP contribution in [0.15, 0.2) is 54.6 Å². The van der Waals surface area contributed by atoms with Gasteiger partial charge in [-0.15, -0.1) is 0 Å². The Balaban J connectivity index is 1.78. The molecule has 40 heavy (non-hydrogen) atoms. The lowest BCUT2D eigenvalue weighted by molar-refractivity contribution is -0.140. The molecule has 2 aromatic rings. The monoisotopic (exact) mass is 550 g/mol. The Morgan fingerprint density at radius 2 is 1.80 bits per heavy atom. The second-order valence-corrected chi connectivity index (χ2v) is 9.47. The smallest absolute Gasteiger partial charge is 0.295 e. The van der Waals surface area contributed by atoms with Gasteiger partial charge in [0.15, 0.2) is 23.0 Å². The van der Waals surface area contributed by atoms with E-state index in [-0.39, 0.29) is 11.3 Å². The Morgan fingerprint density at radius 3 is 2.50 bits per heavy atom. The van der Waals surface area contributed by atoms with Crippen molar-refractivity contribution in [2.45, 2.75) is 33.2 Å². The lowest BCUT2D eigenvalue weighted by Crippen LogP contribution is -2.33. The first-order valence-electron chi connectivity index (χ1n) is 13.8. The third-order valence-corrected chi connectivity index (χ3v) is 7.06. The Morgan fingerprint density at radius 1 is 1.05 bits per heavy atom. The van der Waals surface area contributed by atoms with E-state index in [0.717, 1.165) is 19.6 Å². The molecule has 0 spiro atoms. The zero-order valence-electron chi connectivity index (χ0n) is 23.5. The van der Waals surface area contributed by atoms with E-state index in [4.69, 9.17) is 18.9 Å². The fraction of sp³-hybridized carbons (Fsp3) is 0.419. The van der Waals surface area contributed by atoms with E-state index < -0.39 is 17.7 Å². The van der Waals surface area contributed by atoms with Gasteiger partial charge in [-0.05, 0) is 68.9 Å². The topological polar surface area (TPSA) is 97.8 Å². The standard InChI is InChI=1S/C31H38N2O7/c1-5-16-38-23-12-10-21(19-25(23)37-8-4)28-27(29(34)22-11-13-24-26(20-22)40-18-17-39-24)30(35)31(36)33(28)15-9-14-32(6-2)7-3/h5,10-13,19-20,28,34H,1,6-9,14-18H2,2-4H3/b29-27+/t28-/m0/s1. The Bertz CT molecular complexity index is 1270. The molecule has 1 amide bonds. The van der Waals surface area contributed by atoms with Crippen LogP contribution in [-0.4, -0.2) is 79.2 Å². The van der Waals surface area contributed by atoms with E-state index >= 15 is 0 Å². The van der Waals surface area contributed by atoms with Crippen molar-refractivity contribution in [3.63, 3.8) is 0 Å². The van der Waals surface area contributed by atoms with Gasteiger partial charge in [-0.3, -0.25) is 9.59 Å². The molecule has 9 heteroatoms. The van der Waals surface area contributed by atoms with Gasteiger partial charge in [0.1, 0.15) is 25.6 Å². The number of carbonyl (C=O) groups excluding carboxylic acids is 2. The summed E-state index contributed by atoms with van der Waals surface area (Å²) in [5.74, 6) is 0.399. The predicted molar refractivity (Wildman–Crippen MR) is 152 cm³/mol. The van der Waals surface area contributed by atoms with Crippen molar-refractivity contribution in [1.82, 2.24) is 9.80 Å². The van der Waals surface area contributed by atoms with Crippen LogP contribution in [0.25, 0.3) is 5.76 Å². The second kappa shape index (κ2) is 13.4. The molecule has 0 radical (unpaired) electrons. The van der Waals surface area contributed by atoms with Gasteiger partial charge in [-0.1, -0.05) is 32.6 Å². The zero-order valence-corrected chi connectivity index (χ0v) is 23.5. The molecule has 0 aromatic heterocycles. The van der Waals surface area contributed by atoms with Crippen molar-refractivity contribution in [2.24, 2.45) is 0 Å². The molecule has 214 valence electrons. The highest BCUT2D eigenvalue weighted by Crippen LogP contribution is 2.43. The summed E-state index contributed by atoms with van der Waals surface area (Å²) in [6.07, 6.45) is 2.32. The van der Waals surface area contributed by atoms with Crippen molar-refractivity contribution in [3.8, 4) is 23.0 Å². The first-order valence-corrected chi connectivity index (χ1v) is 13.8. The number of hydrogen-bond donors (Lipinski definition) is 1. The quantitative estimate of drug-likeness (QED) is 0.168. The Kier molecular flexibility index (Phi) is 9.71. The van der Waals surface area contributed by atoms with Crippen molar-refractivity contribution < 1.29 is 33.6 Å². The Hall–Kier alpha value is -3.98. The summed E-state index contributed by atoms with van der Waals surface area (Å²) in [7, 11) is 0. The number of aliphatic hydroxyl groups is 1. The maximum atomic E-state index is 13.5. The predicted octanol–water partition coefficient (Wildman–Crippen LogP) is 4.57. The minimum atomic E-state index is -0.808. The Labute approximate surface area is 235 Å². The molecule has 0 unspecified atom stereocenters. The molecule has 0 saturated carbocycles. The lowest BCUT2D eigenvalue weighted by atomic mass is 9.94. The van der Waals surface area contributed by atoms with Gasteiger partial charge in [0, 0.05) is 12.1 Å². The average Bonchev–Trinajstić information content (AvgIpc) is 3.23. The second-order valence-electron chi connectivity index (χ2n) is 9.47. The molecule has 1 saturated heterocycles. The lowest BCUT2D eigenvalue weighted by Gasteiger charge is -2.27. The molecule has 0 bridgehead atoms. The van der Waals surface area contributed by atoms with Gasteiger partial charge >= 0.3 is 0 Å². The number of aliphatic hydroxyl groups excluding tert-OH is 1. The van der Waals surface area contributed by atoms with Crippen LogP contribution in [0.1, 0.15) is 44.4 Å². The molecular formula is C31H38N2O7. The number of amides is 1. The molecule has 2 aliphatic heterocycles. The van der Waals surface area contributed by atoms with Crippen LogP contribution in [0, 0.1) is 0 Å². The number of Topliss-reactive ketones (excluding diaryl/α,β-unsaturated/α-hetero) is 1. The van der Waals surface area contributed by atoms with Crippen LogP contribution < -0.4 is 18.9 Å². The number of ether oxygens (including phenoxy) is 4. The van der Waals surface area contributed by atoms with E-state index in [0.29, 0.717) is 73.5 Å². The molecule has 4 rings (SSSR count). The van der Waals surface area contributed by atoms with Crippen LogP contribution in [0.2, 0.25) is 0 Å². The van der Waals surface area contributed by atoms with E-state index in [1.54, 1.807) is 47.4 Å². The number of ketones is 1. The van der Waals surface area contributed by atoms with Gasteiger partial charge in [-0.25, -0.2) is 0 Å². The van der Waals surface area contributed by atoms with Crippen molar-refractivity contribution in [2.75, 3.05) is 52.6 Å². The number of nitrogens with zero attached hydrogens (tertiary/aromatic N) is 2. The van der Waals surface area contributed by atoms with Gasteiger partial charge < -0.3 is 33.9 Å². The highest BCUT2D eigenvalue weighted by molar-refractivity contribution is 6.46. The summed E-state index contributed by atoms with van der Waals surface area (Å²) < 4.78 is 22.9. The first-order chi connectivity index (χ1) is 19.4. The molecule has 1 fully saturated rings. The third-order valence-electron chi connectivity index (χ3n) is 7.06. The fourth-order valence-corrected chi connectivity index (χ4v) is 5.04. The third kappa shape index (κ3) is 6.09. The van der Waals surface area contributed by atoms with E-state index in [1.165, 1.54) is 0 Å². The minimum absolute atomic E-state index is 0.0201. The molecule has 1 N–H and O–H groups in total. The molecule has 2 heterocycles. The fourth-order valence-electron chi connectivity index (χ4n) is 5.04. The number of likely N-dealkylation sites (tertiary alicyclic amines) is 1. The zero-order chi connectivity index (χ0) is 28.6. The summed E-state index contributed by atoms with van der Waals surface area (Å²) in [6.45, 7) is 14.2. The normalized spacial score (nSPS) is 17.8. The number of carbonyl (C=O) groups is 2. The average molecular weight is 551 g/mol. The summed E-state index contributed by atoms with van der Waals surface area (Å²) in [6, 6.07) is 9.50. The highest BCUT2D eigenvalue weighted by atomic mass is 16.6. The van der Waals surface area contributed by atoms with Crippen molar-refractivity contribution >= 4 is 17.4 Å². The van der Waals surface area contributed by atoms with Crippen LogP contribution in [0.5, 0.6) is 23.0 Å². The van der Waals surface area contributed by atoms with Crippen LogP contribution in [0.4, 0.5) is 0 Å². The maximum absolute atomic E-state index is 13.5. The van der Waals surface area contributed by atoms with Crippen molar-refractivity contribution in [1.29, 1.82) is 0 Å². The summed E-state index contributed by atoms with van der Waals surface area (Å²) >= 11 is 0. The first kappa shape index (κ1) is 29.0. The summed E-state index contributed by atoms with van der Waals surface area (Å²) in [4.78, 5) is 30.7. The number of hydrogen-bond acceptors (Lipinski definition) is 8. The van der Waals surface area contributed by atoms with Crippen LogP contribution in [0.3, 0.4) is 0 Å². The highest BCUT2D eigenvalue weighted by Gasteiger charge is 2.46. The number of fused-ring (bicyclic) bond motifs is 1. The van der Waals surface area contributed by atoms with Crippen LogP contribution >= 0.6 is 0 Å². The maximum Gasteiger partial charge on any atom is 0.295 e. The van der Waals surface area contributed by atoms with Gasteiger partial charge in [0.05, 0.1) is 18.2 Å². The van der Waals surface area contributed by atoms with E-state index in [2.05, 4.69) is 25.3 Å². The molecule has 1 atom stereocenters. The van der Waals surface area contributed by atoms with Crippen molar-refractivity contribution in [3.05, 3.63) is 65.8 Å². The van der Waals surface area contributed by atoms with Gasteiger partial charge in [0.2, 0.25) is 0 Å². The SMILES string of the molecule is C=CCOc1ccc([C@H]2/C(=C(\O)c3ccc4c(c3)OCCO4)C(=O)C(=O)N2CCCN(CC)CC)cc1OCC. The largest absolute Gasteiger partial charge is 0.507 e. The molecule has 0 aliphatic carbocycles. The van der Waals surface area contributed by atoms with Gasteiger partial charge in [-0.2, -0.15) is 0 Å². The summed E-state index contributed by atoms with van der Waals surface area (Å²) in [5, 5.41) is 11.5.